The van der Waals surface area contributed by atoms with Crippen LogP contribution in [0.25, 0.3) is 0 Å². The molecule has 8 atom stereocenters. The van der Waals surface area contributed by atoms with Gasteiger partial charge in [-0.3, -0.25) is 14.8 Å². The number of ether oxygens (including phenoxy) is 1. The molecular weight excluding hydrogens is 390 g/mol. The molecule has 174 valence electrons. The Bertz CT molecular complexity index is 729. The van der Waals surface area contributed by atoms with Crippen LogP contribution in [-0.2, 0) is 9.53 Å². The minimum Gasteiger partial charge on any atom is -0.393 e. The third-order valence-electron chi connectivity index (χ3n) is 10.2. The lowest BCUT2D eigenvalue weighted by molar-refractivity contribution is -0.161. The summed E-state index contributed by atoms with van der Waals surface area (Å²) in [6.45, 7) is 3.73. The first kappa shape index (κ1) is 21.7. The molecule has 2 N–H and O–H groups in total. The molecule has 0 aromatic rings. The number of hydrogen-bond acceptors (Lipinski definition) is 6. The van der Waals surface area contributed by atoms with Gasteiger partial charge in [0.1, 0.15) is 0 Å². The van der Waals surface area contributed by atoms with Crippen molar-refractivity contribution >= 4 is 5.78 Å². The summed E-state index contributed by atoms with van der Waals surface area (Å²) in [7, 11) is 3.81. The number of Topliss-reactive ketones (excluding diaryl/α,β-unsaturated/α-hetero) is 1. The lowest BCUT2D eigenvalue weighted by Gasteiger charge is -2.61. The normalized spacial score (nSPS) is 46.6. The van der Waals surface area contributed by atoms with Crippen LogP contribution in [0.4, 0.5) is 0 Å². The number of aliphatic hydroxyl groups excluding tert-OH is 1. The summed E-state index contributed by atoms with van der Waals surface area (Å²) in [5.74, 6) is 3.26. The summed E-state index contributed by atoms with van der Waals surface area (Å²) in [5.41, 5.74) is 3.58. The molecule has 5 aliphatic rings. The smallest absolute Gasteiger partial charge is 0.157 e. The van der Waals surface area contributed by atoms with Gasteiger partial charge in [-0.25, -0.2) is 0 Å². The van der Waals surface area contributed by atoms with Crippen molar-refractivity contribution in [3.05, 3.63) is 12.4 Å². The van der Waals surface area contributed by atoms with Crippen LogP contribution in [0.5, 0.6) is 0 Å². The van der Waals surface area contributed by atoms with Gasteiger partial charge in [0, 0.05) is 32.5 Å². The maximum absolute atomic E-state index is 13.4. The molecule has 4 saturated carbocycles. The van der Waals surface area contributed by atoms with Crippen LogP contribution in [0, 0.1) is 40.4 Å². The largest absolute Gasteiger partial charge is 0.393 e. The monoisotopic (exact) mass is 431 g/mol. The number of methoxy groups -OCH3 is 1. The van der Waals surface area contributed by atoms with Crippen molar-refractivity contribution in [3.8, 4) is 0 Å². The number of aliphatic hydroxyl groups is 1. The third-order valence-corrected chi connectivity index (χ3v) is 10.2. The maximum atomic E-state index is 13.4. The van der Waals surface area contributed by atoms with Crippen molar-refractivity contribution in [1.29, 1.82) is 0 Å². The summed E-state index contributed by atoms with van der Waals surface area (Å²) in [6.07, 6.45) is 13.9. The Labute approximate surface area is 187 Å². The highest BCUT2D eigenvalue weighted by Gasteiger charge is 2.62. The zero-order valence-electron chi connectivity index (χ0n) is 19.6. The summed E-state index contributed by atoms with van der Waals surface area (Å²) in [6, 6.07) is 0. The van der Waals surface area contributed by atoms with Gasteiger partial charge in [0.15, 0.2) is 5.78 Å². The summed E-state index contributed by atoms with van der Waals surface area (Å²) >= 11 is 0. The van der Waals surface area contributed by atoms with E-state index in [1.807, 2.05) is 36.6 Å². The Morgan fingerprint density at radius 1 is 1.13 bits per heavy atom. The Morgan fingerprint density at radius 3 is 2.71 bits per heavy atom. The lowest BCUT2D eigenvalue weighted by atomic mass is 9.44. The van der Waals surface area contributed by atoms with Crippen molar-refractivity contribution in [2.45, 2.75) is 70.8 Å². The van der Waals surface area contributed by atoms with Gasteiger partial charge in [-0.2, -0.15) is 0 Å². The van der Waals surface area contributed by atoms with Crippen LogP contribution in [0.3, 0.4) is 0 Å². The second kappa shape index (κ2) is 8.03. The molecule has 0 radical (unpaired) electrons. The maximum Gasteiger partial charge on any atom is 0.157 e. The molecule has 6 heteroatoms. The Kier molecular flexibility index (Phi) is 5.63. The van der Waals surface area contributed by atoms with Gasteiger partial charge in [-0.15, -0.1) is 5.53 Å². The third kappa shape index (κ3) is 3.44. The average molecular weight is 432 g/mol. The van der Waals surface area contributed by atoms with Gasteiger partial charge < -0.3 is 9.84 Å². The minimum absolute atomic E-state index is 0.124. The number of nitrogens with one attached hydrogen (secondary N) is 1. The van der Waals surface area contributed by atoms with Gasteiger partial charge in [-0.1, -0.05) is 6.92 Å². The number of carbonyl (C=O) groups excluding carboxylic acids is 1. The summed E-state index contributed by atoms with van der Waals surface area (Å²) in [5, 5.41) is 14.1. The van der Waals surface area contributed by atoms with E-state index in [0.717, 1.165) is 32.3 Å². The van der Waals surface area contributed by atoms with Gasteiger partial charge >= 0.3 is 0 Å². The average Bonchev–Trinajstić information content (AvgIpc) is 3.30. The van der Waals surface area contributed by atoms with Crippen molar-refractivity contribution in [1.82, 2.24) is 15.6 Å². The zero-order valence-corrected chi connectivity index (χ0v) is 19.6. The second-order valence-corrected chi connectivity index (χ2v) is 11.5. The predicted octanol–water partition coefficient (Wildman–Crippen LogP) is 3.34. The van der Waals surface area contributed by atoms with Gasteiger partial charge in [-0.05, 0) is 92.3 Å². The van der Waals surface area contributed by atoms with Crippen LogP contribution in [0.2, 0.25) is 0 Å². The lowest BCUT2D eigenvalue weighted by Crippen LogP contribution is -2.57. The standard InChI is InChI=1S/C25H41N3O3/c1-24-10-9-21-19(5-4-17-14-18(29)8-11-25(17,21)16-31-3)20(24)6-7-22(24)23(30)15-28-13-12-27(2)26-28/h12-13,17-22,26,29H,4-11,14-16H2,1-3H3/t17-,18+,19-,20-,21-,22+,24-,25?/m0/s1. The molecule has 31 heavy (non-hydrogen) atoms. The first-order valence-electron chi connectivity index (χ1n) is 12.5. The Balaban J connectivity index is 1.34. The van der Waals surface area contributed by atoms with Crippen molar-refractivity contribution in [2.75, 3.05) is 27.3 Å². The first-order valence-corrected chi connectivity index (χ1v) is 12.5. The van der Waals surface area contributed by atoms with E-state index in [-0.39, 0.29) is 22.9 Å². The highest BCUT2D eigenvalue weighted by molar-refractivity contribution is 5.84. The molecule has 5 rings (SSSR count). The molecule has 0 spiro atoms. The van der Waals surface area contributed by atoms with Crippen LogP contribution in [0.15, 0.2) is 12.4 Å². The summed E-state index contributed by atoms with van der Waals surface area (Å²) < 4.78 is 5.85. The quantitative estimate of drug-likeness (QED) is 0.696. The van der Waals surface area contributed by atoms with Crippen molar-refractivity contribution in [3.63, 3.8) is 0 Å². The molecule has 4 fully saturated rings. The highest BCUT2D eigenvalue weighted by atomic mass is 16.5. The fourth-order valence-electron chi connectivity index (χ4n) is 8.92. The molecule has 6 nitrogen and oxygen atoms in total. The fourth-order valence-corrected chi connectivity index (χ4v) is 8.92. The van der Waals surface area contributed by atoms with E-state index < -0.39 is 0 Å². The molecule has 1 unspecified atom stereocenters. The molecule has 4 aliphatic carbocycles. The Hall–Kier alpha value is -1.11. The Morgan fingerprint density at radius 2 is 1.97 bits per heavy atom. The number of rotatable bonds is 5. The van der Waals surface area contributed by atoms with Crippen molar-refractivity contribution in [2.24, 2.45) is 40.4 Å². The van der Waals surface area contributed by atoms with Gasteiger partial charge in [0.25, 0.3) is 0 Å². The minimum atomic E-state index is -0.124. The number of hydrogen-bond donors (Lipinski definition) is 2. The molecule has 1 aliphatic heterocycles. The molecule has 0 bridgehead atoms. The predicted molar refractivity (Wildman–Crippen MR) is 119 cm³/mol. The SMILES string of the molecule is COCC12CC[C@@H](O)C[C@@H]1CC[C@@H]1[C@@H]2CC[C@]2(C)[C@@H](C(=O)CN3C=CN(C)N3)CC[C@@H]12. The van der Waals surface area contributed by atoms with Gasteiger partial charge in [0.2, 0.25) is 0 Å². The number of ketones is 1. The number of hydrazine groups is 2. The van der Waals surface area contributed by atoms with Crippen LogP contribution in [0.1, 0.15) is 64.7 Å². The second-order valence-electron chi connectivity index (χ2n) is 11.5. The summed E-state index contributed by atoms with van der Waals surface area (Å²) in [4.78, 5) is 13.4. The van der Waals surface area contributed by atoms with Crippen LogP contribution in [-0.4, -0.2) is 54.3 Å². The van der Waals surface area contributed by atoms with Crippen LogP contribution < -0.4 is 5.53 Å². The van der Waals surface area contributed by atoms with Crippen molar-refractivity contribution < 1.29 is 14.6 Å². The topological polar surface area (TPSA) is 65.0 Å². The van der Waals surface area contributed by atoms with E-state index in [2.05, 4.69) is 12.5 Å². The van der Waals surface area contributed by atoms with Gasteiger partial charge in [0.05, 0.1) is 19.3 Å². The molecule has 0 amide bonds. The highest BCUT2D eigenvalue weighted by Crippen LogP contribution is 2.67. The molecule has 1 heterocycles. The van der Waals surface area contributed by atoms with E-state index in [0.29, 0.717) is 36.0 Å². The number of carbonyl (C=O) groups is 1. The molecule has 0 aromatic heterocycles. The van der Waals surface area contributed by atoms with E-state index in [1.165, 1.54) is 32.1 Å². The number of fused-ring (bicyclic) bond motifs is 5. The molecule has 0 saturated heterocycles. The van der Waals surface area contributed by atoms with Crippen LogP contribution >= 0.6 is 0 Å². The van der Waals surface area contributed by atoms with E-state index in [9.17, 15) is 9.90 Å². The number of nitrogens with zero attached hydrogens (tertiary/aromatic N) is 2. The zero-order chi connectivity index (χ0) is 21.8. The fraction of sp³-hybridized carbons (Fsp3) is 0.880. The van der Waals surface area contributed by atoms with E-state index in [4.69, 9.17) is 4.74 Å². The molecule has 0 aromatic carbocycles. The van der Waals surface area contributed by atoms with E-state index >= 15 is 0 Å². The van der Waals surface area contributed by atoms with E-state index in [1.54, 1.807) is 0 Å². The first-order chi connectivity index (χ1) is 14.9. The molecular formula is C25H41N3O3.